The summed E-state index contributed by atoms with van der Waals surface area (Å²) in [6, 6.07) is 11.5. The van der Waals surface area contributed by atoms with E-state index in [2.05, 4.69) is 9.62 Å². The predicted octanol–water partition coefficient (Wildman–Crippen LogP) is 2.01. The molecule has 0 unspecified atom stereocenters. The molecule has 0 spiro atoms. The molecule has 4 rings (SSSR count). The molecule has 164 valence electrons. The normalized spacial score (nSPS) is 20.0. The van der Waals surface area contributed by atoms with Gasteiger partial charge in [-0.05, 0) is 49.9 Å². The highest BCUT2D eigenvalue weighted by atomic mass is 32.2. The van der Waals surface area contributed by atoms with Gasteiger partial charge in [-0.15, -0.1) is 0 Å². The topological polar surface area (TPSA) is 99.9 Å². The molecule has 8 nitrogen and oxygen atoms in total. The van der Waals surface area contributed by atoms with E-state index in [9.17, 15) is 16.8 Å². The Labute approximate surface area is 178 Å². The Kier molecular flexibility index (Phi) is 6.31. The Morgan fingerprint density at radius 2 is 1.57 bits per heavy atom. The number of likely N-dealkylation sites (tertiary alicyclic amines) is 1. The van der Waals surface area contributed by atoms with Gasteiger partial charge in [0.05, 0.1) is 11.4 Å². The van der Waals surface area contributed by atoms with Crippen LogP contribution in [0.2, 0.25) is 0 Å². The van der Waals surface area contributed by atoms with Gasteiger partial charge in [-0.2, -0.15) is 4.31 Å². The summed E-state index contributed by atoms with van der Waals surface area (Å²) in [7, 11) is -7.06. The summed E-state index contributed by atoms with van der Waals surface area (Å²) in [6.07, 6.45) is 3.14. The molecule has 2 aliphatic rings. The van der Waals surface area contributed by atoms with Crippen LogP contribution in [-0.4, -0.2) is 58.3 Å². The molecule has 30 heavy (non-hydrogen) atoms. The summed E-state index contributed by atoms with van der Waals surface area (Å²) in [6.45, 7) is 3.01. The maximum absolute atomic E-state index is 12.6. The lowest BCUT2D eigenvalue weighted by Gasteiger charge is -2.31. The molecular weight excluding hydrogens is 426 g/mol. The van der Waals surface area contributed by atoms with E-state index in [0.29, 0.717) is 51.3 Å². The van der Waals surface area contributed by atoms with Crippen LogP contribution in [0.5, 0.6) is 0 Å². The molecule has 0 saturated carbocycles. The minimum Gasteiger partial charge on any atom is -0.447 e. The van der Waals surface area contributed by atoms with Crippen molar-refractivity contribution in [2.45, 2.75) is 48.3 Å². The second-order valence-corrected chi connectivity index (χ2v) is 11.4. The van der Waals surface area contributed by atoms with Crippen molar-refractivity contribution >= 4 is 20.0 Å². The molecule has 2 aromatic rings. The van der Waals surface area contributed by atoms with Gasteiger partial charge in [0.15, 0.2) is 0 Å². The second-order valence-electron chi connectivity index (χ2n) is 7.82. The van der Waals surface area contributed by atoms with Crippen LogP contribution in [0.15, 0.2) is 56.9 Å². The van der Waals surface area contributed by atoms with E-state index in [0.717, 1.165) is 12.8 Å². The zero-order valence-electron chi connectivity index (χ0n) is 16.7. The number of nitrogens with one attached hydrogen (secondary N) is 1. The third-order valence-electron chi connectivity index (χ3n) is 5.64. The van der Waals surface area contributed by atoms with E-state index >= 15 is 0 Å². The Hall–Kier alpha value is -1.72. The fraction of sp³-hybridized carbons (Fsp3) is 0.500. The Balaban J connectivity index is 1.31. The smallest absolute Gasteiger partial charge is 0.276 e. The van der Waals surface area contributed by atoms with Gasteiger partial charge < -0.3 is 4.42 Å². The molecule has 0 aliphatic carbocycles. The van der Waals surface area contributed by atoms with Crippen LogP contribution < -0.4 is 4.72 Å². The third-order valence-corrected chi connectivity index (χ3v) is 8.95. The van der Waals surface area contributed by atoms with Gasteiger partial charge in [-0.25, -0.2) is 21.6 Å². The third kappa shape index (κ3) is 4.78. The van der Waals surface area contributed by atoms with Crippen molar-refractivity contribution in [1.29, 1.82) is 0 Å². The first kappa shape index (κ1) is 21.5. The molecule has 0 amide bonds. The molecule has 0 atom stereocenters. The minimum absolute atomic E-state index is 0.00454. The first-order valence-corrected chi connectivity index (χ1v) is 13.2. The summed E-state index contributed by atoms with van der Waals surface area (Å²) in [5.74, 6) is 0.607. The van der Waals surface area contributed by atoms with Crippen molar-refractivity contribution in [3.8, 4) is 0 Å². The highest BCUT2D eigenvalue weighted by molar-refractivity contribution is 7.89. The van der Waals surface area contributed by atoms with Crippen LogP contribution in [0.25, 0.3) is 0 Å². The summed E-state index contributed by atoms with van der Waals surface area (Å²) in [5.41, 5.74) is 0. The van der Waals surface area contributed by atoms with E-state index < -0.39 is 20.0 Å². The molecule has 2 fully saturated rings. The van der Waals surface area contributed by atoms with E-state index in [-0.39, 0.29) is 16.0 Å². The highest BCUT2D eigenvalue weighted by Crippen LogP contribution is 2.24. The van der Waals surface area contributed by atoms with Gasteiger partial charge in [-0.3, -0.25) is 4.90 Å². The zero-order valence-corrected chi connectivity index (χ0v) is 18.4. The monoisotopic (exact) mass is 453 g/mol. The van der Waals surface area contributed by atoms with Crippen molar-refractivity contribution in [2.24, 2.45) is 0 Å². The maximum atomic E-state index is 12.6. The molecule has 3 heterocycles. The highest BCUT2D eigenvalue weighted by Gasteiger charge is 2.30. The molecule has 1 aromatic heterocycles. The fourth-order valence-corrected chi connectivity index (χ4v) is 6.73. The number of nitrogens with zero attached hydrogens (tertiary/aromatic N) is 2. The van der Waals surface area contributed by atoms with Crippen molar-refractivity contribution in [3.63, 3.8) is 0 Å². The summed E-state index contributed by atoms with van der Waals surface area (Å²) >= 11 is 0. The molecule has 0 radical (unpaired) electrons. The first-order chi connectivity index (χ1) is 14.3. The van der Waals surface area contributed by atoms with Crippen LogP contribution in [0.1, 0.15) is 31.4 Å². The molecule has 10 heteroatoms. The van der Waals surface area contributed by atoms with Gasteiger partial charge in [0, 0.05) is 32.2 Å². The van der Waals surface area contributed by atoms with Gasteiger partial charge in [0.25, 0.3) is 10.0 Å². The van der Waals surface area contributed by atoms with Crippen LogP contribution in [0.3, 0.4) is 0 Å². The van der Waals surface area contributed by atoms with Crippen LogP contribution >= 0.6 is 0 Å². The first-order valence-electron chi connectivity index (χ1n) is 10.2. The number of furan rings is 1. The van der Waals surface area contributed by atoms with Crippen LogP contribution in [0.4, 0.5) is 0 Å². The van der Waals surface area contributed by atoms with E-state index in [4.69, 9.17) is 4.42 Å². The van der Waals surface area contributed by atoms with Gasteiger partial charge >= 0.3 is 0 Å². The van der Waals surface area contributed by atoms with Gasteiger partial charge in [0.1, 0.15) is 5.76 Å². The lowest BCUT2D eigenvalue weighted by Crippen LogP contribution is -2.44. The van der Waals surface area contributed by atoms with Crippen molar-refractivity contribution in [2.75, 3.05) is 26.2 Å². The molecule has 2 saturated heterocycles. The largest absolute Gasteiger partial charge is 0.447 e. The quantitative estimate of drug-likeness (QED) is 0.688. The Morgan fingerprint density at radius 1 is 0.900 bits per heavy atom. The number of hydrogen-bond acceptors (Lipinski definition) is 6. The Bertz CT molecular complexity index is 1050. The van der Waals surface area contributed by atoms with Gasteiger partial charge in [-0.1, -0.05) is 18.2 Å². The molecule has 1 N–H and O–H groups in total. The second kappa shape index (κ2) is 8.80. The number of rotatable bonds is 7. The van der Waals surface area contributed by atoms with E-state index in [1.165, 1.54) is 10.4 Å². The minimum atomic E-state index is -3.54. The average molecular weight is 454 g/mol. The fourth-order valence-electron chi connectivity index (χ4n) is 3.95. The predicted molar refractivity (Wildman–Crippen MR) is 112 cm³/mol. The van der Waals surface area contributed by atoms with Gasteiger partial charge in [0.2, 0.25) is 15.1 Å². The van der Waals surface area contributed by atoms with E-state index in [1.54, 1.807) is 36.4 Å². The SMILES string of the molecule is O=S(=O)(NC1CCN(Cc2ccc(S(=O)(=O)N3CCCC3)o2)CC1)c1ccccc1. The van der Waals surface area contributed by atoms with Crippen molar-refractivity contribution in [1.82, 2.24) is 13.9 Å². The maximum Gasteiger partial charge on any atom is 0.276 e. The number of benzene rings is 1. The van der Waals surface area contributed by atoms with Crippen molar-refractivity contribution in [3.05, 3.63) is 48.2 Å². The lowest BCUT2D eigenvalue weighted by molar-refractivity contribution is 0.183. The number of hydrogen-bond donors (Lipinski definition) is 1. The summed E-state index contributed by atoms with van der Waals surface area (Å²) < 4.78 is 60.0. The average Bonchev–Trinajstić information content (AvgIpc) is 3.43. The lowest BCUT2D eigenvalue weighted by atomic mass is 10.1. The summed E-state index contributed by atoms with van der Waals surface area (Å²) in [5, 5.41) is 0.00454. The molecule has 2 aliphatic heterocycles. The zero-order chi connectivity index (χ0) is 21.2. The Morgan fingerprint density at radius 3 is 2.23 bits per heavy atom. The summed E-state index contributed by atoms with van der Waals surface area (Å²) in [4.78, 5) is 2.42. The standard InChI is InChI=1S/C20H27N3O5S2/c24-29(25,19-6-2-1-3-7-19)21-17-10-14-22(15-11-17)16-18-8-9-20(28-18)30(26,27)23-12-4-5-13-23/h1-3,6-9,17,21H,4-5,10-16H2. The van der Waals surface area contributed by atoms with Crippen LogP contribution in [0, 0.1) is 0 Å². The van der Waals surface area contributed by atoms with Crippen LogP contribution in [-0.2, 0) is 26.6 Å². The van der Waals surface area contributed by atoms with Crippen molar-refractivity contribution < 1.29 is 21.3 Å². The molecular formula is C20H27N3O5S2. The number of sulfonamides is 2. The number of piperidine rings is 1. The molecule has 1 aromatic carbocycles. The molecule has 0 bridgehead atoms. The van der Waals surface area contributed by atoms with E-state index in [1.807, 2.05) is 0 Å².